The van der Waals surface area contributed by atoms with Crippen molar-refractivity contribution in [1.29, 1.82) is 0 Å². The predicted molar refractivity (Wildman–Crippen MR) is 78.8 cm³/mol. The molecule has 21 heavy (non-hydrogen) atoms. The van der Waals surface area contributed by atoms with Gasteiger partial charge in [0.05, 0.1) is 18.4 Å². The third-order valence-electron chi connectivity index (χ3n) is 3.66. The highest BCUT2D eigenvalue weighted by molar-refractivity contribution is 6.00. The van der Waals surface area contributed by atoms with Crippen LogP contribution >= 0.6 is 0 Å². The van der Waals surface area contributed by atoms with Gasteiger partial charge in [-0.2, -0.15) is 0 Å². The van der Waals surface area contributed by atoms with Crippen molar-refractivity contribution in [3.8, 4) is 5.75 Å². The minimum Gasteiger partial charge on any atom is -0.497 e. The molecule has 0 spiro atoms. The van der Waals surface area contributed by atoms with Crippen molar-refractivity contribution in [2.45, 2.75) is 19.3 Å². The van der Waals surface area contributed by atoms with E-state index in [0.717, 1.165) is 25.9 Å². The van der Waals surface area contributed by atoms with Crippen molar-refractivity contribution in [2.24, 2.45) is 5.92 Å². The van der Waals surface area contributed by atoms with Gasteiger partial charge < -0.3 is 20.5 Å². The Labute approximate surface area is 123 Å². The van der Waals surface area contributed by atoms with Crippen LogP contribution in [0.3, 0.4) is 0 Å². The van der Waals surface area contributed by atoms with Gasteiger partial charge in [0, 0.05) is 6.42 Å². The Bertz CT molecular complexity index is 524. The lowest BCUT2D eigenvalue weighted by Crippen LogP contribution is -2.30. The summed E-state index contributed by atoms with van der Waals surface area (Å²) in [5.41, 5.74) is 0.343. The van der Waals surface area contributed by atoms with Gasteiger partial charge in [0.25, 0.3) is 0 Å². The van der Waals surface area contributed by atoms with Gasteiger partial charge in [0.15, 0.2) is 0 Å². The summed E-state index contributed by atoms with van der Waals surface area (Å²) in [6.45, 7) is 1.86. The molecule has 1 amide bonds. The van der Waals surface area contributed by atoms with Gasteiger partial charge in [-0.25, -0.2) is 4.79 Å². The number of carbonyl (C=O) groups excluding carboxylic acids is 1. The number of nitrogens with one attached hydrogen (secondary N) is 2. The fourth-order valence-corrected chi connectivity index (χ4v) is 2.49. The van der Waals surface area contributed by atoms with Gasteiger partial charge in [0.2, 0.25) is 5.91 Å². The van der Waals surface area contributed by atoms with Gasteiger partial charge in [-0.1, -0.05) is 0 Å². The van der Waals surface area contributed by atoms with Crippen molar-refractivity contribution in [3.63, 3.8) is 0 Å². The molecule has 3 N–H and O–H groups in total. The number of hydrogen-bond donors (Lipinski definition) is 3. The molecule has 1 aliphatic rings. The number of anilines is 1. The highest BCUT2D eigenvalue weighted by Crippen LogP contribution is 2.23. The summed E-state index contributed by atoms with van der Waals surface area (Å²) >= 11 is 0. The largest absolute Gasteiger partial charge is 0.497 e. The molecule has 0 radical (unpaired) electrons. The highest BCUT2D eigenvalue weighted by atomic mass is 16.5. The number of ether oxygens (including phenoxy) is 1. The summed E-state index contributed by atoms with van der Waals surface area (Å²) in [5.74, 6) is -0.429. The lowest BCUT2D eigenvalue weighted by molar-refractivity contribution is -0.117. The molecule has 0 aromatic heterocycles. The lowest BCUT2D eigenvalue weighted by atomic mass is 9.94. The predicted octanol–water partition coefficient (Wildman–Crippen LogP) is 1.72. The van der Waals surface area contributed by atoms with Crippen LogP contribution in [0.4, 0.5) is 5.69 Å². The summed E-state index contributed by atoms with van der Waals surface area (Å²) in [7, 11) is 1.47. The van der Waals surface area contributed by atoms with Crippen LogP contribution in [-0.2, 0) is 4.79 Å². The molecular weight excluding hydrogens is 272 g/mol. The third-order valence-corrected chi connectivity index (χ3v) is 3.66. The normalized spacial score (nSPS) is 15.5. The topological polar surface area (TPSA) is 87.7 Å². The van der Waals surface area contributed by atoms with Crippen molar-refractivity contribution in [1.82, 2.24) is 5.32 Å². The average molecular weight is 292 g/mol. The van der Waals surface area contributed by atoms with E-state index < -0.39 is 5.97 Å². The van der Waals surface area contributed by atoms with E-state index in [1.165, 1.54) is 13.2 Å². The molecule has 6 heteroatoms. The smallest absolute Gasteiger partial charge is 0.337 e. The van der Waals surface area contributed by atoms with Crippen LogP contribution in [0, 0.1) is 5.92 Å². The maximum Gasteiger partial charge on any atom is 0.337 e. The van der Waals surface area contributed by atoms with Crippen molar-refractivity contribution >= 4 is 17.6 Å². The first kappa shape index (κ1) is 15.3. The Morgan fingerprint density at radius 2 is 2.10 bits per heavy atom. The van der Waals surface area contributed by atoms with E-state index in [4.69, 9.17) is 4.74 Å². The van der Waals surface area contributed by atoms with E-state index in [9.17, 15) is 14.7 Å². The van der Waals surface area contributed by atoms with Gasteiger partial charge in [-0.3, -0.25) is 4.79 Å². The lowest BCUT2D eigenvalue weighted by Gasteiger charge is -2.22. The molecular formula is C15H20N2O4. The second-order valence-corrected chi connectivity index (χ2v) is 5.16. The quantitative estimate of drug-likeness (QED) is 0.769. The zero-order valence-electron chi connectivity index (χ0n) is 12.0. The van der Waals surface area contributed by atoms with Crippen LogP contribution in [0.25, 0.3) is 0 Å². The molecule has 0 unspecified atom stereocenters. The molecule has 6 nitrogen and oxygen atoms in total. The Morgan fingerprint density at radius 3 is 2.71 bits per heavy atom. The Balaban J connectivity index is 2.04. The SMILES string of the molecule is COc1ccc(NC(=O)CC2CCNCC2)c(C(=O)O)c1. The van der Waals surface area contributed by atoms with Crippen LogP contribution in [0.2, 0.25) is 0 Å². The van der Waals surface area contributed by atoms with E-state index in [-0.39, 0.29) is 11.5 Å². The second kappa shape index (κ2) is 7.08. The summed E-state index contributed by atoms with van der Waals surface area (Å²) in [6, 6.07) is 4.59. The zero-order valence-corrected chi connectivity index (χ0v) is 12.0. The number of aromatic carboxylic acids is 1. The van der Waals surface area contributed by atoms with Gasteiger partial charge in [0.1, 0.15) is 5.75 Å². The third kappa shape index (κ3) is 4.19. The first-order valence-electron chi connectivity index (χ1n) is 7.02. The fourth-order valence-electron chi connectivity index (χ4n) is 2.49. The average Bonchev–Trinajstić information content (AvgIpc) is 2.48. The van der Waals surface area contributed by atoms with Crippen molar-refractivity contribution in [2.75, 3.05) is 25.5 Å². The number of carboxylic acids is 1. The van der Waals surface area contributed by atoms with Crippen LogP contribution < -0.4 is 15.4 Å². The molecule has 0 saturated carbocycles. The van der Waals surface area contributed by atoms with Crippen LogP contribution in [0.5, 0.6) is 5.75 Å². The molecule has 0 atom stereocenters. The zero-order chi connectivity index (χ0) is 15.2. The molecule has 1 aromatic carbocycles. The second-order valence-electron chi connectivity index (χ2n) is 5.16. The van der Waals surface area contributed by atoms with Gasteiger partial charge in [-0.05, 0) is 50.0 Å². The Kier molecular flexibility index (Phi) is 5.16. The Morgan fingerprint density at radius 1 is 1.38 bits per heavy atom. The molecule has 1 aromatic rings. The highest BCUT2D eigenvalue weighted by Gasteiger charge is 2.19. The van der Waals surface area contributed by atoms with E-state index >= 15 is 0 Å². The minimum atomic E-state index is -1.09. The van der Waals surface area contributed by atoms with Crippen LogP contribution in [-0.4, -0.2) is 37.2 Å². The molecule has 2 rings (SSSR count). The maximum atomic E-state index is 12.1. The molecule has 1 heterocycles. The van der Waals surface area contributed by atoms with E-state index in [0.29, 0.717) is 23.8 Å². The van der Waals surface area contributed by atoms with Crippen LogP contribution in [0.1, 0.15) is 29.6 Å². The van der Waals surface area contributed by atoms with Gasteiger partial charge in [-0.15, -0.1) is 0 Å². The number of carbonyl (C=O) groups is 2. The van der Waals surface area contributed by atoms with E-state index in [2.05, 4.69) is 10.6 Å². The summed E-state index contributed by atoms with van der Waals surface area (Å²) < 4.78 is 5.00. The number of carboxylic acid groups (broad SMARTS) is 1. The number of methoxy groups -OCH3 is 1. The standard InChI is InChI=1S/C15H20N2O4/c1-21-11-2-3-13(12(9-11)15(19)20)17-14(18)8-10-4-6-16-7-5-10/h2-3,9-10,16H,4-8H2,1H3,(H,17,18)(H,19,20). The Hall–Kier alpha value is -2.08. The number of hydrogen-bond acceptors (Lipinski definition) is 4. The molecule has 0 bridgehead atoms. The minimum absolute atomic E-state index is 0.0352. The van der Waals surface area contributed by atoms with Crippen LogP contribution in [0.15, 0.2) is 18.2 Å². The monoisotopic (exact) mass is 292 g/mol. The number of benzene rings is 1. The molecule has 114 valence electrons. The maximum absolute atomic E-state index is 12.1. The summed E-state index contributed by atoms with van der Waals surface area (Å²) in [6.07, 6.45) is 2.37. The summed E-state index contributed by atoms with van der Waals surface area (Å²) in [4.78, 5) is 23.3. The van der Waals surface area contributed by atoms with E-state index in [1.807, 2.05) is 0 Å². The molecule has 1 saturated heterocycles. The first-order valence-corrected chi connectivity index (χ1v) is 7.02. The molecule has 0 aliphatic carbocycles. The number of amides is 1. The number of piperidine rings is 1. The van der Waals surface area contributed by atoms with Crippen molar-refractivity contribution < 1.29 is 19.4 Å². The molecule has 1 aliphatic heterocycles. The first-order chi connectivity index (χ1) is 10.1. The fraction of sp³-hybridized carbons (Fsp3) is 0.467. The summed E-state index contributed by atoms with van der Waals surface area (Å²) in [5, 5.41) is 15.2. The molecule has 1 fully saturated rings. The van der Waals surface area contributed by atoms with Gasteiger partial charge >= 0.3 is 5.97 Å². The van der Waals surface area contributed by atoms with E-state index in [1.54, 1.807) is 12.1 Å². The van der Waals surface area contributed by atoms with Crippen molar-refractivity contribution in [3.05, 3.63) is 23.8 Å². The number of rotatable bonds is 5.